The molecule has 1 atom stereocenters. The van der Waals surface area contributed by atoms with Crippen molar-refractivity contribution in [1.82, 2.24) is 25.1 Å². The molecule has 0 aliphatic carbocycles. The summed E-state index contributed by atoms with van der Waals surface area (Å²) in [7, 11) is 0. The maximum absolute atomic E-state index is 13.3. The van der Waals surface area contributed by atoms with Gasteiger partial charge in [-0.15, -0.1) is 5.10 Å². The third-order valence-electron chi connectivity index (χ3n) is 3.53. The molecule has 1 amide bonds. The molecular weight excluding hydrogens is 289 g/mol. The molecule has 3 rings (SSSR count). The second-order valence-electron chi connectivity index (χ2n) is 5.10. The van der Waals surface area contributed by atoms with E-state index in [4.69, 9.17) is 0 Å². The number of nitrogens with one attached hydrogen (secondary N) is 2. The van der Waals surface area contributed by atoms with Crippen molar-refractivity contribution in [3.05, 3.63) is 40.1 Å². The zero-order chi connectivity index (χ0) is 15.9. The topological polar surface area (TPSA) is 92.2 Å². The van der Waals surface area contributed by atoms with Crippen LogP contribution in [-0.4, -0.2) is 31.8 Å². The van der Waals surface area contributed by atoms with Gasteiger partial charge in [-0.25, -0.2) is 8.91 Å². The summed E-state index contributed by atoms with van der Waals surface area (Å²) in [6, 6.07) is 3.87. The first-order chi connectivity index (χ1) is 10.5. The maximum atomic E-state index is 13.3. The molecule has 0 saturated heterocycles. The van der Waals surface area contributed by atoms with Crippen molar-refractivity contribution in [3.8, 4) is 0 Å². The van der Waals surface area contributed by atoms with Gasteiger partial charge in [0.25, 0.3) is 11.5 Å². The van der Waals surface area contributed by atoms with Gasteiger partial charge in [-0.1, -0.05) is 12.1 Å². The molecule has 8 heteroatoms. The van der Waals surface area contributed by atoms with Crippen molar-refractivity contribution in [2.75, 3.05) is 0 Å². The Hall–Kier alpha value is -2.77. The van der Waals surface area contributed by atoms with Crippen LogP contribution in [0.4, 0.5) is 4.39 Å². The maximum Gasteiger partial charge on any atom is 0.277 e. The van der Waals surface area contributed by atoms with E-state index in [9.17, 15) is 14.0 Å². The molecule has 7 nitrogen and oxygen atoms in total. The van der Waals surface area contributed by atoms with Crippen LogP contribution < -0.4 is 10.9 Å². The number of aromatic nitrogens is 4. The summed E-state index contributed by atoms with van der Waals surface area (Å²) in [5.41, 5.74) is 0.201. The number of hydrogen-bond donors (Lipinski definition) is 2. The fraction of sp³-hybridized carbons (Fsp3) is 0.286. The van der Waals surface area contributed by atoms with Crippen molar-refractivity contribution < 1.29 is 9.18 Å². The third-order valence-corrected chi connectivity index (χ3v) is 3.53. The van der Waals surface area contributed by atoms with Gasteiger partial charge in [0.1, 0.15) is 5.82 Å². The number of benzene rings is 1. The fourth-order valence-corrected chi connectivity index (χ4v) is 2.18. The van der Waals surface area contributed by atoms with Crippen LogP contribution in [0.3, 0.4) is 0 Å². The number of H-pyrrole nitrogens is 1. The molecule has 22 heavy (non-hydrogen) atoms. The number of fused-ring (bicyclic) bond motifs is 3. The minimum Gasteiger partial charge on any atom is -0.348 e. The second kappa shape index (κ2) is 5.21. The average molecular weight is 303 g/mol. The van der Waals surface area contributed by atoms with Crippen molar-refractivity contribution in [1.29, 1.82) is 0 Å². The van der Waals surface area contributed by atoms with Crippen molar-refractivity contribution in [2.24, 2.45) is 0 Å². The van der Waals surface area contributed by atoms with E-state index in [0.29, 0.717) is 5.52 Å². The molecule has 0 fully saturated rings. The minimum atomic E-state index is -0.544. The molecule has 0 saturated carbocycles. The molecule has 0 spiro atoms. The number of nitrogens with zero attached hydrogens (tertiary/aromatic N) is 3. The van der Waals surface area contributed by atoms with E-state index in [1.165, 1.54) is 22.7 Å². The smallest absolute Gasteiger partial charge is 0.277 e. The zero-order valence-electron chi connectivity index (χ0n) is 12.1. The Morgan fingerprint density at radius 3 is 3.00 bits per heavy atom. The van der Waals surface area contributed by atoms with Gasteiger partial charge in [-0.05, 0) is 31.5 Å². The van der Waals surface area contributed by atoms with Gasteiger partial charge >= 0.3 is 0 Å². The van der Waals surface area contributed by atoms with Crippen molar-refractivity contribution in [3.63, 3.8) is 0 Å². The average Bonchev–Trinajstić information content (AvgIpc) is 2.92. The van der Waals surface area contributed by atoms with Gasteiger partial charge in [0.15, 0.2) is 11.2 Å². The number of carbonyl (C=O) groups excluding carboxylic acids is 1. The molecular formula is C14H14FN5O2. The van der Waals surface area contributed by atoms with Gasteiger partial charge in [-0.2, -0.15) is 0 Å². The molecule has 114 valence electrons. The lowest BCUT2D eigenvalue weighted by molar-refractivity contribution is 0.0935. The Morgan fingerprint density at radius 1 is 1.50 bits per heavy atom. The lowest BCUT2D eigenvalue weighted by Gasteiger charge is -2.09. The summed E-state index contributed by atoms with van der Waals surface area (Å²) in [4.78, 5) is 26.9. The predicted molar refractivity (Wildman–Crippen MR) is 78.3 cm³/mol. The number of hydrogen-bond acceptors (Lipinski definition) is 4. The Bertz CT molecular complexity index is 930. The van der Waals surface area contributed by atoms with Crippen LogP contribution in [0.2, 0.25) is 0 Å². The number of halogens is 1. The first kappa shape index (κ1) is 14.2. The highest BCUT2D eigenvalue weighted by Crippen LogP contribution is 2.14. The zero-order valence-corrected chi connectivity index (χ0v) is 12.1. The van der Waals surface area contributed by atoms with Gasteiger partial charge < -0.3 is 10.3 Å². The standard InChI is InChI=1S/C14H14FN5O2/c1-3-7(2)16-13(21)11-12-14(22)17-9-6-8(15)4-5-10(9)20(12)19-18-11/h4-7H,3H2,1-2H3,(H,16,21)(H,17,22)/t7-/m1/s1. The van der Waals surface area contributed by atoms with E-state index >= 15 is 0 Å². The Balaban J connectivity index is 2.21. The van der Waals surface area contributed by atoms with Crippen molar-refractivity contribution in [2.45, 2.75) is 26.3 Å². The number of aromatic amines is 1. The summed E-state index contributed by atoms with van der Waals surface area (Å²) in [5.74, 6) is -0.936. The minimum absolute atomic E-state index is 0.0416. The second-order valence-corrected chi connectivity index (χ2v) is 5.10. The van der Waals surface area contributed by atoms with Gasteiger partial charge in [-0.3, -0.25) is 9.59 Å². The monoisotopic (exact) mass is 303 g/mol. The predicted octanol–water partition coefficient (Wildman–Crippen LogP) is 1.24. The van der Waals surface area contributed by atoms with Crippen LogP contribution in [0.15, 0.2) is 23.0 Å². The summed E-state index contributed by atoms with van der Waals surface area (Å²) in [6.45, 7) is 3.79. The van der Waals surface area contributed by atoms with Crippen LogP contribution in [0.1, 0.15) is 30.8 Å². The molecule has 1 aromatic carbocycles. The van der Waals surface area contributed by atoms with Crippen LogP contribution in [0.25, 0.3) is 16.6 Å². The highest BCUT2D eigenvalue weighted by molar-refractivity contribution is 5.99. The lowest BCUT2D eigenvalue weighted by atomic mass is 10.2. The summed E-state index contributed by atoms with van der Waals surface area (Å²) < 4.78 is 14.5. The van der Waals surface area contributed by atoms with Crippen LogP contribution in [0.5, 0.6) is 0 Å². The highest BCUT2D eigenvalue weighted by Gasteiger charge is 2.20. The van der Waals surface area contributed by atoms with Gasteiger partial charge in [0.05, 0.1) is 11.0 Å². The van der Waals surface area contributed by atoms with E-state index in [1.54, 1.807) is 0 Å². The van der Waals surface area contributed by atoms with Gasteiger partial charge in [0.2, 0.25) is 0 Å². The number of carbonyl (C=O) groups is 1. The Labute approximate surface area is 124 Å². The SMILES string of the molecule is CC[C@@H](C)NC(=O)c1nnn2c1c(=O)[nH]c1cc(F)ccc12. The molecule has 0 aliphatic heterocycles. The number of amides is 1. The summed E-state index contributed by atoms with van der Waals surface area (Å²) >= 11 is 0. The molecule has 0 unspecified atom stereocenters. The van der Waals surface area contributed by atoms with E-state index in [1.807, 2.05) is 13.8 Å². The number of rotatable bonds is 3. The highest BCUT2D eigenvalue weighted by atomic mass is 19.1. The first-order valence-electron chi connectivity index (χ1n) is 6.89. The van der Waals surface area contributed by atoms with Crippen molar-refractivity contribution >= 4 is 22.5 Å². The van der Waals surface area contributed by atoms with Crippen LogP contribution >= 0.6 is 0 Å². The molecule has 0 bridgehead atoms. The Morgan fingerprint density at radius 2 is 2.27 bits per heavy atom. The quantitative estimate of drug-likeness (QED) is 0.761. The summed E-state index contributed by atoms with van der Waals surface area (Å²) in [6.07, 6.45) is 0.753. The normalized spacial score (nSPS) is 12.7. The molecule has 0 aliphatic rings. The first-order valence-corrected chi connectivity index (χ1v) is 6.89. The van der Waals surface area contributed by atoms with E-state index in [-0.39, 0.29) is 22.8 Å². The van der Waals surface area contributed by atoms with E-state index in [0.717, 1.165) is 6.42 Å². The van der Waals surface area contributed by atoms with E-state index in [2.05, 4.69) is 20.6 Å². The Kier molecular flexibility index (Phi) is 3.36. The van der Waals surface area contributed by atoms with Crippen LogP contribution in [-0.2, 0) is 0 Å². The van der Waals surface area contributed by atoms with Gasteiger partial charge in [0, 0.05) is 6.04 Å². The van der Waals surface area contributed by atoms with Crippen LogP contribution in [0, 0.1) is 5.82 Å². The lowest BCUT2D eigenvalue weighted by Crippen LogP contribution is -2.33. The summed E-state index contributed by atoms with van der Waals surface area (Å²) in [5, 5.41) is 10.4. The molecule has 0 radical (unpaired) electrons. The molecule has 3 aromatic rings. The molecule has 2 heterocycles. The third kappa shape index (κ3) is 2.22. The molecule has 2 N–H and O–H groups in total. The fourth-order valence-electron chi connectivity index (χ4n) is 2.18. The molecule has 2 aromatic heterocycles. The largest absolute Gasteiger partial charge is 0.348 e. The van der Waals surface area contributed by atoms with E-state index < -0.39 is 17.3 Å².